The number of benzene rings is 1. The van der Waals surface area contributed by atoms with E-state index in [1.807, 2.05) is 20.8 Å². The fraction of sp³-hybridized carbons (Fsp3) is 0.732. The van der Waals surface area contributed by atoms with Crippen molar-refractivity contribution in [2.45, 2.75) is 116 Å². The number of hydrogen-bond acceptors (Lipinski definition) is 13. The Morgan fingerprint density at radius 1 is 0.635 bits per heavy atom. The van der Waals surface area contributed by atoms with Gasteiger partial charge in [-0.05, 0) is 43.5 Å². The van der Waals surface area contributed by atoms with Gasteiger partial charge in [0.25, 0.3) is 0 Å². The molecule has 63 heavy (non-hydrogen) atoms. The van der Waals surface area contributed by atoms with Crippen molar-refractivity contribution in [1.82, 2.24) is 24.6 Å². The smallest absolute Gasteiger partial charge is 0.342 e. The van der Waals surface area contributed by atoms with Crippen LogP contribution in [0.2, 0.25) is 0 Å². The highest BCUT2D eigenvalue weighted by Crippen LogP contribution is 2.46. The number of fused-ring (bicyclic) bond motifs is 1. The Hall–Kier alpha value is -2.21. The van der Waals surface area contributed by atoms with Crippen molar-refractivity contribution in [2.75, 3.05) is 77.9 Å². The van der Waals surface area contributed by atoms with Crippen molar-refractivity contribution < 1.29 is 66.1 Å². The maximum Gasteiger partial charge on any atom is 0.342 e. The quantitative estimate of drug-likeness (QED) is 0.0418. The number of aromatic nitrogens is 1. The predicted molar refractivity (Wildman–Crippen MR) is 239 cm³/mol. The minimum Gasteiger partial charge on any atom is -0.480 e. The van der Waals surface area contributed by atoms with Gasteiger partial charge >= 0.3 is 34.7 Å². The molecule has 0 spiro atoms. The summed E-state index contributed by atoms with van der Waals surface area (Å²) >= 11 is 0. The van der Waals surface area contributed by atoms with Gasteiger partial charge in [0, 0.05) is 51.2 Å². The van der Waals surface area contributed by atoms with E-state index < -0.39 is 78.0 Å². The summed E-state index contributed by atoms with van der Waals surface area (Å²) in [5, 5.41) is 22.0. The lowest BCUT2D eigenvalue weighted by Gasteiger charge is -2.39. The highest BCUT2D eigenvalue weighted by molar-refractivity contribution is 7.53. The fourth-order valence-electron chi connectivity index (χ4n) is 7.33. The maximum absolute atomic E-state index is 14.0. The number of halogens is 1. The molecule has 0 saturated carbocycles. The fourth-order valence-corrected chi connectivity index (χ4v) is 11.2. The standard InChI is InChI=1S/C41H71FN5O13P3/c1-4-7-10-13-24-58-61(52,53)31-45-21-23-47(33-63(56,57)60-26-15-12-9-6-3)38(40(48)49)29-44(28-36-18-16-34-27-35(42)17-19-37(34)43-36)20-22-46(39(30-45)41(50)51)32-62(54,55)59-25-14-11-8-5-2/h16-19,27,38-39H,4-15,20-26,28-33H2,1-3H3,(H,48,49)(H,50,51)(H,52,53)(H,54,55)(H,56,57). The second kappa shape index (κ2) is 28.1. The first-order valence-corrected chi connectivity index (χ1v) is 27.5. The molecule has 1 aliphatic rings. The highest BCUT2D eigenvalue weighted by Gasteiger charge is 2.39. The van der Waals surface area contributed by atoms with Crippen LogP contribution in [0.1, 0.15) is 104 Å². The van der Waals surface area contributed by atoms with Crippen molar-refractivity contribution in [3.05, 3.63) is 41.8 Å². The number of unbranched alkanes of at least 4 members (excludes halogenated alkanes) is 9. The van der Waals surface area contributed by atoms with Gasteiger partial charge in [0.2, 0.25) is 0 Å². The average Bonchev–Trinajstić information content (AvgIpc) is 3.20. The van der Waals surface area contributed by atoms with Crippen LogP contribution >= 0.6 is 22.8 Å². The molecule has 0 bridgehead atoms. The zero-order chi connectivity index (χ0) is 46.5. The van der Waals surface area contributed by atoms with Crippen molar-refractivity contribution >= 4 is 45.6 Å². The van der Waals surface area contributed by atoms with E-state index >= 15 is 0 Å². The summed E-state index contributed by atoms with van der Waals surface area (Å²) in [4.78, 5) is 69.8. The first-order valence-electron chi connectivity index (χ1n) is 22.2. The van der Waals surface area contributed by atoms with Crippen LogP contribution in [0, 0.1) is 5.82 Å². The molecule has 22 heteroatoms. The molecule has 2 aromatic rings. The van der Waals surface area contributed by atoms with Gasteiger partial charge in [0.15, 0.2) is 0 Å². The molecule has 1 aliphatic heterocycles. The van der Waals surface area contributed by atoms with Gasteiger partial charge in [0.1, 0.15) is 36.8 Å². The second-order valence-electron chi connectivity index (χ2n) is 16.3. The second-order valence-corrected chi connectivity index (χ2v) is 21.8. The van der Waals surface area contributed by atoms with Crippen LogP contribution in [0.3, 0.4) is 0 Å². The van der Waals surface area contributed by atoms with E-state index in [0.29, 0.717) is 35.9 Å². The Morgan fingerprint density at radius 3 is 1.54 bits per heavy atom. The highest BCUT2D eigenvalue weighted by atomic mass is 31.2. The van der Waals surface area contributed by atoms with E-state index in [-0.39, 0.29) is 59.1 Å². The van der Waals surface area contributed by atoms with E-state index in [9.17, 15) is 52.6 Å². The Balaban J connectivity index is 2.08. The predicted octanol–water partition coefficient (Wildman–Crippen LogP) is 7.22. The van der Waals surface area contributed by atoms with Gasteiger partial charge < -0.3 is 38.5 Å². The van der Waals surface area contributed by atoms with E-state index in [4.69, 9.17) is 13.6 Å². The van der Waals surface area contributed by atoms with Crippen molar-refractivity contribution in [1.29, 1.82) is 0 Å². The van der Waals surface area contributed by atoms with Crippen LogP contribution in [0.25, 0.3) is 10.9 Å². The number of carboxylic acids is 2. The van der Waals surface area contributed by atoms with Gasteiger partial charge in [-0.1, -0.05) is 84.6 Å². The first kappa shape index (κ1) is 55.1. The molecule has 1 fully saturated rings. The number of rotatable bonds is 28. The zero-order valence-corrected chi connectivity index (χ0v) is 39.9. The summed E-state index contributed by atoms with van der Waals surface area (Å²) in [6, 6.07) is 4.36. The zero-order valence-electron chi connectivity index (χ0n) is 37.2. The molecule has 18 nitrogen and oxygen atoms in total. The average molecular weight is 954 g/mol. The lowest BCUT2D eigenvalue weighted by atomic mass is 10.1. The number of carboxylic acid groups (broad SMARTS) is 2. The van der Waals surface area contributed by atoms with Gasteiger partial charge in [-0.25, -0.2) is 4.39 Å². The van der Waals surface area contributed by atoms with Crippen LogP contribution in [0.4, 0.5) is 4.39 Å². The molecule has 360 valence electrons. The largest absolute Gasteiger partial charge is 0.480 e. The Labute approximate surface area is 371 Å². The minimum atomic E-state index is -4.47. The number of pyridine rings is 1. The third-order valence-corrected chi connectivity index (χ3v) is 14.7. The lowest BCUT2D eigenvalue weighted by Crippen LogP contribution is -2.56. The van der Waals surface area contributed by atoms with Crippen molar-refractivity contribution in [3.8, 4) is 0 Å². The summed E-state index contributed by atoms with van der Waals surface area (Å²) in [5.41, 5.74) is 0.914. The van der Waals surface area contributed by atoms with Crippen LogP contribution in [0.15, 0.2) is 30.3 Å². The molecule has 2 heterocycles. The molecule has 1 saturated heterocycles. The molecule has 0 aliphatic carbocycles. The van der Waals surface area contributed by atoms with E-state index in [1.165, 1.54) is 32.9 Å². The molecule has 1 aromatic carbocycles. The third kappa shape index (κ3) is 21.3. The first-order chi connectivity index (χ1) is 29.9. The minimum absolute atomic E-state index is 0.0125. The third-order valence-electron chi connectivity index (χ3n) is 10.8. The molecule has 0 radical (unpaired) electrons. The molecular weight excluding hydrogens is 882 g/mol. The summed E-state index contributed by atoms with van der Waals surface area (Å²) in [6.45, 7) is 4.29. The van der Waals surface area contributed by atoms with Crippen LogP contribution in [-0.4, -0.2) is 151 Å². The summed E-state index contributed by atoms with van der Waals surface area (Å²) in [7, 11) is -13.4. The van der Waals surface area contributed by atoms with Crippen LogP contribution in [-0.2, 0) is 43.4 Å². The van der Waals surface area contributed by atoms with Gasteiger partial charge in [-0.3, -0.25) is 47.9 Å². The SMILES string of the molecule is CCCCCCOP(=O)(O)CN1CCN(CP(=O)(O)OCCCCCC)C(C(=O)O)CN(Cc2ccc3cc(F)ccc3n2)CCN(CP(=O)(O)OCCCCCC)C(C(=O)O)C1. The number of aliphatic carboxylic acids is 2. The Morgan fingerprint density at radius 2 is 1.08 bits per heavy atom. The van der Waals surface area contributed by atoms with Gasteiger partial charge in [-0.15, -0.1) is 0 Å². The van der Waals surface area contributed by atoms with E-state index in [1.54, 1.807) is 17.0 Å². The normalized spacial score (nSPS) is 20.9. The summed E-state index contributed by atoms with van der Waals surface area (Å²) in [6.07, 6.45) is 7.19. The van der Waals surface area contributed by atoms with E-state index in [2.05, 4.69) is 4.98 Å². The summed E-state index contributed by atoms with van der Waals surface area (Å²) < 4.78 is 71.1. The number of hydrogen-bond donors (Lipinski definition) is 5. The number of carbonyl (C=O) groups is 2. The maximum atomic E-state index is 14.0. The van der Waals surface area contributed by atoms with Gasteiger partial charge in [-0.2, -0.15) is 0 Å². The topological polar surface area (TPSA) is 240 Å². The van der Waals surface area contributed by atoms with E-state index in [0.717, 1.165) is 57.8 Å². The van der Waals surface area contributed by atoms with Crippen LogP contribution < -0.4 is 0 Å². The molecule has 5 unspecified atom stereocenters. The van der Waals surface area contributed by atoms with Crippen molar-refractivity contribution in [3.63, 3.8) is 0 Å². The van der Waals surface area contributed by atoms with Gasteiger partial charge in [0.05, 0.1) is 31.0 Å². The molecule has 5 N–H and O–H groups in total. The van der Waals surface area contributed by atoms with Crippen LogP contribution in [0.5, 0.6) is 0 Å². The molecule has 1 aromatic heterocycles. The molecule has 5 atom stereocenters. The Bertz CT molecular complexity index is 1820. The lowest BCUT2D eigenvalue weighted by molar-refractivity contribution is -0.144. The molecular formula is C41H71FN5O13P3. The monoisotopic (exact) mass is 953 g/mol. The Kier molecular flexibility index (Phi) is 24.6. The number of nitrogens with zero attached hydrogens (tertiary/aromatic N) is 5. The summed E-state index contributed by atoms with van der Waals surface area (Å²) in [5.74, 6) is -3.21. The molecule has 3 rings (SSSR count). The van der Waals surface area contributed by atoms with Crippen molar-refractivity contribution in [2.24, 2.45) is 0 Å². The molecule has 0 amide bonds.